The van der Waals surface area contributed by atoms with Crippen LogP contribution in [0.5, 0.6) is 5.88 Å². The van der Waals surface area contributed by atoms with E-state index in [0.717, 1.165) is 10.6 Å². The van der Waals surface area contributed by atoms with Crippen molar-refractivity contribution in [1.29, 1.82) is 0 Å². The van der Waals surface area contributed by atoms with Crippen LogP contribution >= 0.6 is 11.3 Å². The molecule has 0 spiro atoms. The highest BCUT2D eigenvalue weighted by molar-refractivity contribution is 7.10. The predicted molar refractivity (Wildman–Crippen MR) is 85.7 cm³/mol. The van der Waals surface area contributed by atoms with Gasteiger partial charge in [0, 0.05) is 30.0 Å². The molecule has 1 unspecified atom stereocenters. The van der Waals surface area contributed by atoms with Gasteiger partial charge in [-0.25, -0.2) is 4.98 Å². The molecule has 0 aromatic carbocycles. The number of amides is 1. The summed E-state index contributed by atoms with van der Waals surface area (Å²) in [5.41, 5.74) is 2.67. The van der Waals surface area contributed by atoms with Crippen molar-refractivity contribution in [3.63, 3.8) is 0 Å². The van der Waals surface area contributed by atoms with Crippen LogP contribution in [0.2, 0.25) is 0 Å². The van der Waals surface area contributed by atoms with Crippen LogP contribution in [0, 0.1) is 12.9 Å². The molecule has 1 amide bonds. The minimum absolute atomic E-state index is 0.0592. The number of hydrogen-bond donors (Lipinski definition) is 0. The Labute approximate surface area is 137 Å². The molecule has 23 heavy (non-hydrogen) atoms. The highest BCUT2D eigenvalue weighted by Crippen LogP contribution is 2.18. The van der Waals surface area contributed by atoms with E-state index in [0.29, 0.717) is 19.5 Å². The summed E-state index contributed by atoms with van der Waals surface area (Å²) in [4.78, 5) is 22.7. The summed E-state index contributed by atoms with van der Waals surface area (Å²) < 4.78 is 18.7. The summed E-state index contributed by atoms with van der Waals surface area (Å²) in [5, 5.41) is 0. The quantitative estimate of drug-likeness (QED) is 0.638. The second-order valence-corrected chi connectivity index (χ2v) is 6.13. The zero-order valence-corrected chi connectivity index (χ0v) is 13.4. The van der Waals surface area contributed by atoms with Crippen LogP contribution in [0.25, 0.3) is 6.08 Å². The predicted octanol–water partition coefficient (Wildman–Crippen LogP) is 2.68. The second kappa shape index (κ2) is 6.87. The molecule has 2 aromatic heterocycles. The lowest BCUT2D eigenvalue weighted by molar-refractivity contribution is -0.125. The monoisotopic (exact) mass is 333 g/mol. The third-order valence-electron chi connectivity index (χ3n) is 3.59. The molecular formula is C16H16FN3O2S. The number of carbonyl (C=O) groups is 1. The lowest BCUT2D eigenvalue weighted by atomic mass is 10.3. The van der Waals surface area contributed by atoms with Crippen LogP contribution in [0.15, 0.2) is 29.8 Å². The normalized spacial score (nSPS) is 17.8. The van der Waals surface area contributed by atoms with Gasteiger partial charge in [0.2, 0.25) is 17.7 Å². The van der Waals surface area contributed by atoms with Gasteiger partial charge in [0.1, 0.15) is 6.10 Å². The van der Waals surface area contributed by atoms with Crippen molar-refractivity contribution >= 4 is 23.3 Å². The van der Waals surface area contributed by atoms with Gasteiger partial charge in [0.05, 0.1) is 17.7 Å². The topological polar surface area (TPSA) is 55.3 Å². The van der Waals surface area contributed by atoms with Gasteiger partial charge in [-0.15, -0.1) is 11.3 Å². The summed E-state index contributed by atoms with van der Waals surface area (Å²) in [5.74, 6) is -0.382. The standard InChI is InChI=1S/C16H16FN3O2S/c1-11-13(23-10-18-11)5-6-16(21)20-8-7-12(9-20)22-15-4-2-3-14(17)19-15/h2-6,10,12H,7-9H2,1H3/b6-5+. The Kier molecular flexibility index (Phi) is 4.66. The number of likely N-dealkylation sites (tertiary alicyclic amines) is 1. The molecule has 0 radical (unpaired) electrons. The molecule has 1 atom stereocenters. The second-order valence-electron chi connectivity index (χ2n) is 5.25. The van der Waals surface area contributed by atoms with Gasteiger partial charge in [0.15, 0.2) is 0 Å². The number of aromatic nitrogens is 2. The van der Waals surface area contributed by atoms with Crippen molar-refractivity contribution in [2.24, 2.45) is 0 Å². The SMILES string of the molecule is Cc1ncsc1/C=C/C(=O)N1CCC(Oc2cccc(F)n2)C1. The summed E-state index contributed by atoms with van der Waals surface area (Å²) in [6.07, 6.45) is 3.89. The number of hydrogen-bond acceptors (Lipinski definition) is 5. The molecule has 0 N–H and O–H groups in total. The minimum atomic E-state index is -0.573. The fourth-order valence-corrected chi connectivity index (χ4v) is 3.07. The fraction of sp³-hybridized carbons (Fsp3) is 0.312. The molecule has 1 aliphatic heterocycles. The molecule has 3 heterocycles. The zero-order chi connectivity index (χ0) is 16.2. The molecule has 3 rings (SSSR count). The first kappa shape index (κ1) is 15.6. The van der Waals surface area contributed by atoms with E-state index in [1.54, 1.807) is 34.7 Å². The van der Waals surface area contributed by atoms with Crippen LogP contribution in [0.1, 0.15) is 17.0 Å². The molecule has 5 nitrogen and oxygen atoms in total. The number of halogens is 1. The van der Waals surface area contributed by atoms with E-state index in [1.165, 1.54) is 17.4 Å². The average molecular weight is 333 g/mol. The molecule has 1 aliphatic rings. The van der Waals surface area contributed by atoms with E-state index in [1.807, 2.05) is 6.92 Å². The van der Waals surface area contributed by atoms with Gasteiger partial charge in [-0.2, -0.15) is 9.37 Å². The third-order valence-corrected chi connectivity index (χ3v) is 4.49. The Hall–Kier alpha value is -2.28. The highest BCUT2D eigenvalue weighted by Gasteiger charge is 2.26. The largest absolute Gasteiger partial charge is 0.472 e. The van der Waals surface area contributed by atoms with Gasteiger partial charge in [-0.1, -0.05) is 6.07 Å². The molecule has 0 saturated carbocycles. The number of rotatable bonds is 4. The van der Waals surface area contributed by atoms with Gasteiger partial charge >= 0.3 is 0 Å². The van der Waals surface area contributed by atoms with Gasteiger partial charge < -0.3 is 9.64 Å². The van der Waals surface area contributed by atoms with E-state index >= 15 is 0 Å². The summed E-state index contributed by atoms with van der Waals surface area (Å²) >= 11 is 1.50. The molecule has 0 aliphatic carbocycles. The zero-order valence-electron chi connectivity index (χ0n) is 12.6. The first-order valence-corrected chi connectivity index (χ1v) is 8.16. The molecule has 1 fully saturated rings. The van der Waals surface area contributed by atoms with Gasteiger partial charge in [0.25, 0.3) is 0 Å². The number of ether oxygens (including phenoxy) is 1. The maximum atomic E-state index is 13.0. The lowest BCUT2D eigenvalue weighted by Gasteiger charge is -2.15. The molecular weight excluding hydrogens is 317 g/mol. The molecule has 120 valence electrons. The fourth-order valence-electron chi connectivity index (χ4n) is 2.37. The van der Waals surface area contributed by atoms with E-state index in [9.17, 15) is 9.18 Å². The summed E-state index contributed by atoms with van der Waals surface area (Å²) in [6, 6.07) is 4.43. The van der Waals surface area contributed by atoms with Gasteiger partial charge in [-0.3, -0.25) is 4.79 Å². The smallest absolute Gasteiger partial charge is 0.246 e. The Morgan fingerprint density at radius 3 is 3.13 bits per heavy atom. The van der Waals surface area contributed by atoms with Crippen LogP contribution < -0.4 is 4.74 Å². The lowest BCUT2D eigenvalue weighted by Crippen LogP contribution is -2.29. The van der Waals surface area contributed by atoms with Crippen molar-refractivity contribution in [2.75, 3.05) is 13.1 Å². The molecule has 2 aromatic rings. The van der Waals surface area contributed by atoms with Crippen molar-refractivity contribution < 1.29 is 13.9 Å². The van der Waals surface area contributed by atoms with Crippen molar-refractivity contribution in [3.8, 4) is 5.88 Å². The Bertz CT molecular complexity index is 732. The third kappa shape index (κ3) is 3.92. The van der Waals surface area contributed by atoms with E-state index in [2.05, 4.69) is 9.97 Å². The summed E-state index contributed by atoms with van der Waals surface area (Å²) in [6.45, 7) is 3.00. The van der Waals surface area contributed by atoms with Crippen LogP contribution in [0.4, 0.5) is 4.39 Å². The Morgan fingerprint density at radius 2 is 2.39 bits per heavy atom. The number of carbonyl (C=O) groups excluding carboxylic acids is 1. The Morgan fingerprint density at radius 1 is 1.52 bits per heavy atom. The number of thiazole rings is 1. The maximum absolute atomic E-state index is 13.0. The van der Waals surface area contributed by atoms with Crippen molar-refractivity contribution in [2.45, 2.75) is 19.4 Å². The number of aryl methyl sites for hydroxylation is 1. The van der Waals surface area contributed by atoms with E-state index < -0.39 is 5.95 Å². The van der Waals surface area contributed by atoms with E-state index in [-0.39, 0.29) is 17.9 Å². The molecule has 0 bridgehead atoms. The van der Waals surface area contributed by atoms with Crippen molar-refractivity contribution in [3.05, 3.63) is 46.3 Å². The first-order valence-electron chi connectivity index (χ1n) is 7.28. The van der Waals surface area contributed by atoms with Crippen LogP contribution in [-0.4, -0.2) is 40.0 Å². The molecule has 1 saturated heterocycles. The summed E-state index contributed by atoms with van der Waals surface area (Å²) in [7, 11) is 0. The van der Waals surface area contributed by atoms with Crippen molar-refractivity contribution in [1.82, 2.24) is 14.9 Å². The first-order chi connectivity index (χ1) is 11.1. The maximum Gasteiger partial charge on any atom is 0.246 e. The van der Waals surface area contributed by atoms with E-state index in [4.69, 9.17) is 4.74 Å². The van der Waals surface area contributed by atoms with Crippen LogP contribution in [0.3, 0.4) is 0 Å². The highest BCUT2D eigenvalue weighted by atomic mass is 32.1. The molecule has 7 heteroatoms. The Balaban J connectivity index is 1.56. The number of nitrogens with zero attached hydrogens (tertiary/aromatic N) is 3. The van der Waals surface area contributed by atoms with Gasteiger partial charge in [-0.05, 0) is 19.1 Å². The average Bonchev–Trinajstić information content (AvgIpc) is 3.14. The van der Waals surface area contributed by atoms with Crippen LogP contribution in [-0.2, 0) is 4.79 Å². The minimum Gasteiger partial charge on any atom is -0.472 e. The number of pyridine rings is 1.